The highest BCUT2D eigenvalue weighted by Crippen LogP contribution is 2.37. The van der Waals surface area contributed by atoms with Gasteiger partial charge in [0, 0.05) is 12.0 Å². The molecule has 0 spiro atoms. The van der Waals surface area contributed by atoms with Crippen molar-refractivity contribution in [2.75, 3.05) is 5.73 Å². The number of nitrogen functional groups attached to an aromatic ring is 1. The molecule has 0 bridgehead atoms. The van der Waals surface area contributed by atoms with Crippen molar-refractivity contribution >= 4 is 5.82 Å². The van der Waals surface area contributed by atoms with E-state index >= 15 is 0 Å². The van der Waals surface area contributed by atoms with Gasteiger partial charge in [-0.15, -0.1) is 0 Å². The van der Waals surface area contributed by atoms with E-state index in [4.69, 9.17) is 5.73 Å². The summed E-state index contributed by atoms with van der Waals surface area (Å²) in [6.07, 6.45) is 0.986. The van der Waals surface area contributed by atoms with Crippen molar-refractivity contribution in [1.29, 1.82) is 0 Å². The van der Waals surface area contributed by atoms with E-state index in [9.17, 15) is 0 Å². The van der Waals surface area contributed by atoms with Gasteiger partial charge in [0.25, 0.3) is 0 Å². The predicted molar refractivity (Wildman–Crippen MR) is 61.6 cm³/mol. The maximum atomic E-state index is 5.73. The number of rotatable bonds is 0. The molecule has 0 unspecified atom stereocenters. The molecule has 2 aromatic rings. The summed E-state index contributed by atoms with van der Waals surface area (Å²) in [5.74, 6) is 0.602. The van der Waals surface area contributed by atoms with Crippen LogP contribution in [0.1, 0.15) is 16.7 Å². The van der Waals surface area contributed by atoms with Gasteiger partial charge < -0.3 is 5.73 Å². The standard InChI is InChI=1S/C13H12N2/c1-8-3-2-4-9-7-10-5-6-11(14)15-13(10)12(8)9/h2-6H,7H2,1H3,(H2,14,15). The molecule has 2 heteroatoms. The summed E-state index contributed by atoms with van der Waals surface area (Å²) in [6, 6.07) is 10.3. The highest BCUT2D eigenvalue weighted by Gasteiger charge is 2.20. The third kappa shape index (κ3) is 1.14. The van der Waals surface area contributed by atoms with E-state index in [0.29, 0.717) is 5.82 Å². The van der Waals surface area contributed by atoms with E-state index < -0.39 is 0 Å². The van der Waals surface area contributed by atoms with Crippen LogP contribution in [0.3, 0.4) is 0 Å². The normalized spacial score (nSPS) is 12.3. The van der Waals surface area contributed by atoms with Crippen molar-refractivity contribution in [3.05, 3.63) is 47.0 Å². The number of pyridine rings is 1. The minimum atomic E-state index is 0.602. The fraction of sp³-hybridized carbons (Fsp3) is 0.154. The quantitative estimate of drug-likeness (QED) is 0.600. The van der Waals surface area contributed by atoms with Crippen molar-refractivity contribution in [1.82, 2.24) is 4.98 Å². The lowest BCUT2D eigenvalue weighted by Gasteiger charge is -2.04. The predicted octanol–water partition coefficient (Wildman–Crippen LogP) is 2.54. The van der Waals surface area contributed by atoms with Crippen molar-refractivity contribution in [3.8, 4) is 11.3 Å². The second-order valence-electron chi connectivity index (χ2n) is 4.03. The van der Waals surface area contributed by atoms with E-state index in [2.05, 4.69) is 36.2 Å². The first-order valence-corrected chi connectivity index (χ1v) is 5.10. The zero-order chi connectivity index (χ0) is 10.4. The molecular weight excluding hydrogens is 184 g/mol. The largest absolute Gasteiger partial charge is 0.384 e. The molecule has 3 rings (SSSR count). The number of nitrogens with two attached hydrogens (primary N) is 1. The summed E-state index contributed by atoms with van der Waals surface area (Å²) in [5.41, 5.74) is 12.0. The van der Waals surface area contributed by atoms with Crippen LogP contribution in [-0.4, -0.2) is 4.98 Å². The lowest BCUT2D eigenvalue weighted by atomic mass is 10.0. The zero-order valence-electron chi connectivity index (χ0n) is 8.62. The van der Waals surface area contributed by atoms with Crippen LogP contribution in [0.25, 0.3) is 11.3 Å². The SMILES string of the molecule is Cc1cccc2c1-c1nc(N)ccc1C2. The summed E-state index contributed by atoms with van der Waals surface area (Å²) < 4.78 is 0. The number of hydrogen-bond donors (Lipinski definition) is 1. The molecule has 0 radical (unpaired) electrons. The van der Waals surface area contributed by atoms with Gasteiger partial charge >= 0.3 is 0 Å². The molecule has 1 aromatic heterocycles. The van der Waals surface area contributed by atoms with E-state index in [1.54, 1.807) is 0 Å². The first-order valence-electron chi connectivity index (χ1n) is 5.10. The van der Waals surface area contributed by atoms with Crippen LogP contribution in [0, 0.1) is 6.92 Å². The molecule has 2 nitrogen and oxygen atoms in total. The second kappa shape index (κ2) is 2.83. The number of fused-ring (bicyclic) bond motifs is 3. The number of aryl methyl sites for hydroxylation is 1. The molecule has 0 aliphatic heterocycles. The number of nitrogens with zero attached hydrogens (tertiary/aromatic N) is 1. The lowest BCUT2D eigenvalue weighted by molar-refractivity contribution is 1.23. The average Bonchev–Trinajstić information content (AvgIpc) is 2.57. The molecule has 1 heterocycles. The van der Waals surface area contributed by atoms with Gasteiger partial charge in [0.1, 0.15) is 5.82 Å². The van der Waals surface area contributed by atoms with Gasteiger partial charge in [-0.2, -0.15) is 0 Å². The van der Waals surface area contributed by atoms with Crippen molar-refractivity contribution in [2.45, 2.75) is 13.3 Å². The van der Waals surface area contributed by atoms with Gasteiger partial charge in [0.15, 0.2) is 0 Å². The summed E-state index contributed by atoms with van der Waals surface area (Å²) >= 11 is 0. The molecular formula is C13H12N2. The Balaban J connectivity index is 2.33. The first-order chi connectivity index (χ1) is 7.25. The Labute approximate surface area is 88.8 Å². The summed E-state index contributed by atoms with van der Waals surface area (Å²) in [5, 5.41) is 0. The first kappa shape index (κ1) is 8.48. The molecule has 2 N–H and O–H groups in total. The number of aromatic nitrogens is 1. The fourth-order valence-electron chi connectivity index (χ4n) is 2.28. The summed E-state index contributed by atoms with van der Waals surface area (Å²) in [6.45, 7) is 2.12. The second-order valence-corrected chi connectivity index (χ2v) is 4.03. The van der Waals surface area contributed by atoms with E-state index in [-0.39, 0.29) is 0 Å². The lowest BCUT2D eigenvalue weighted by Crippen LogP contribution is -1.93. The topological polar surface area (TPSA) is 38.9 Å². The van der Waals surface area contributed by atoms with Crippen LogP contribution in [0.2, 0.25) is 0 Å². The fourth-order valence-corrected chi connectivity index (χ4v) is 2.28. The van der Waals surface area contributed by atoms with Crippen LogP contribution < -0.4 is 5.73 Å². The molecule has 0 fully saturated rings. The van der Waals surface area contributed by atoms with Crippen molar-refractivity contribution in [2.24, 2.45) is 0 Å². The van der Waals surface area contributed by atoms with Crippen molar-refractivity contribution < 1.29 is 0 Å². The zero-order valence-corrected chi connectivity index (χ0v) is 8.62. The Kier molecular flexibility index (Phi) is 1.60. The van der Waals surface area contributed by atoms with E-state index in [1.165, 1.54) is 22.3 Å². The molecule has 1 aliphatic rings. The third-order valence-corrected chi connectivity index (χ3v) is 2.98. The van der Waals surface area contributed by atoms with E-state index in [1.807, 2.05) is 6.07 Å². The van der Waals surface area contributed by atoms with Crippen LogP contribution in [-0.2, 0) is 6.42 Å². The van der Waals surface area contributed by atoms with Gasteiger partial charge in [0.05, 0.1) is 5.69 Å². The maximum Gasteiger partial charge on any atom is 0.124 e. The molecule has 74 valence electrons. The van der Waals surface area contributed by atoms with Crippen LogP contribution in [0.4, 0.5) is 5.82 Å². The molecule has 1 aromatic carbocycles. The van der Waals surface area contributed by atoms with Gasteiger partial charge in [-0.1, -0.05) is 24.3 Å². The van der Waals surface area contributed by atoms with Gasteiger partial charge in [-0.25, -0.2) is 4.98 Å². The molecule has 0 amide bonds. The third-order valence-electron chi connectivity index (χ3n) is 2.98. The monoisotopic (exact) mass is 196 g/mol. The molecule has 15 heavy (non-hydrogen) atoms. The van der Waals surface area contributed by atoms with Crippen LogP contribution in [0.15, 0.2) is 30.3 Å². The minimum absolute atomic E-state index is 0.602. The summed E-state index contributed by atoms with van der Waals surface area (Å²) in [7, 11) is 0. The van der Waals surface area contributed by atoms with Gasteiger partial charge in [-0.05, 0) is 29.7 Å². The molecule has 1 aliphatic carbocycles. The highest BCUT2D eigenvalue weighted by atomic mass is 14.8. The molecule has 0 saturated carbocycles. The maximum absolute atomic E-state index is 5.73. The number of benzene rings is 1. The Hall–Kier alpha value is -1.83. The van der Waals surface area contributed by atoms with Gasteiger partial charge in [0.2, 0.25) is 0 Å². The van der Waals surface area contributed by atoms with Gasteiger partial charge in [-0.3, -0.25) is 0 Å². The number of anilines is 1. The smallest absolute Gasteiger partial charge is 0.124 e. The van der Waals surface area contributed by atoms with Crippen LogP contribution >= 0.6 is 0 Å². The Morgan fingerprint density at radius 3 is 2.87 bits per heavy atom. The molecule has 0 atom stereocenters. The Bertz CT molecular complexity index is 544. The average molecular weight is 196 g/mol. The molecule has 0 saturated heterocycles. The minimum Gasteiger partial charge on any atom is -0.384 e. The summed E-state index contributed by atoms with van der Waals surface area (Å²) in [4.78, 5) is 4.43. The van der Waals surface area contributed by atoms with E-state index in [0.717, 1.165) is 12.1 Å². The Morgan fingerprint density at radius 1 is 1.13 bits per heavy atom. The van der Waals surface area contributed by atoms with Crippen LogP contribution in [0.5, 0.6) is 0 Å². The Morgan fingerprint density at radius 2 is 2.00 bits per heavy atom. The number of hydrogen-bond acceptors (Lipinski definition) is 2. The van der Waals surface area contributed by atoms with Crippen molar-refractivity contribution in [3.63, 3.8) is 0 Å². The highest BCUT2D eigenvalue weighted by molar-refractivity contribution is 5.77.